The Morgan fingerprint density at radius 3 is 2.50 bits per heavy atom. The number of anilines is 1. The highest BCUT2D eigenvalue weighted by Gasteiger charge is 2.12. The molecule has 1 N–H and O–H groups in total. The van der Waals surface area contributed by atoms with Crippen molar-refractivity contribution < 1.29 is 9.18 Å². The first kappa shape index (κ1) is 13.1. The van der Waals surface area contributed by atoms with Gasteiger partial charge in [0, 0.05) is 10.2 Å². The highest BCUT2D eigenvalue weighted by molar-refractivity contribution is 9.10. The van der Waals surface area contributed by atoms with Gasteiger partial charge in [-0.3, -0.25) is 4.79 Å². The number of hydrogen-bond donors (Lipinski definition) is 1. The van der Waals surface area contributed by atoms with Crippen molar-refractivity contribution in [1.82, 2.24) is 0 Å². The van der Waals surface area contributed by atoms with Crippen LogP contribution in [0.1, 0.15) is 10.4 Å². The fourth-order valence-electron chi connectivity index (χ4n) is 1.41. The van der Waals surface area contributed by atoms with Crippen LogP contribution in [0, 0.1) is 5.82 Å². The quantitative estimate of drug-likeness (QED) is 0.864. The van der Waals surface area contributed by atoms with Crippen LogP contribution in [-0.4, -0.2) is 5.91 Å². The number of rotatable bonds is 2. The first-order valence-corrected chi connectivity index (χ1v) is 6.26. The van der Waals surface area contributed by atoms with Gasteiger partial charge in [-0.2, -0.15) is 0 Å². The summed E-state index contributed by atoms with van der Waals surface area (Å²) in [7, 11) is 0. The van der Waals surface area contributed by atoms with E-state index >= 15 is 0 Å². The van der Waals surface area contributed by atoms with Gasteiger partial charge in [0.1, 0.15) is 5.82 Å². The molecule has 2 rings (SSSR count). The smallest absolute Gasteiger partial charge is 0.257 e. The van der Waals surface area contributed by atoms with Crippen LogP contribution in [-0.2, 0) is 0 Å². The zero-order chi connectivity index (χ0) is 13.1. The van der Waals surface area contributed by atoms with Crippen molar-refractivity contribution in [3.63, 3.8) is 0 Å². The third-order valence-corrected chi connectivity index (χ3v) is 3.59. The van der Waals surface area contributed by atoms with Crippen molar-refractivity contribution in [2.24, 2.45) is 0 Å². The van der Waals surface area contributed by atoms with Crippen LogP contribution in [0.3, 0.4) is 0 Å². The number of benzene rings is 2. The van der Waals surface area contributed by atoms with Crippen LogP contribution in [0.15, 0.2) is 46.9 Å². The minimum absolute atomic E-state index is 0.340. The first-order chi connectivity index (χ1) is 8.58. The third-order valence-electron chi connectivity index (χ3n) is 2.30. The number of nitrogens with one attached hydrogen (secondary N) is 1. The van der Waals surface area contributed by atoms with Crippen molar-refractivity contribution >= 4 is 39.1 Å². The van der Waals surface area contributed by atoms with Crippen molar-refractivity contribution in [3.8, 4) is 0 Å². The third kappa shape index (κ3) is 2.89. The fraction of sp³-hybridized carbons (Fsp3) is 0. The van der Waals surface area contributed by atoms with Crippen LogP contribution in [0.2, 0.25) is 5.02 Å². The molecular weight excluding hydrogens is 321 g/mol. The molecule has 92 valence electrons. The van der Waals surface area contributed by atoms with Gasteiger partial charge in [0.25, 0.3) is 5.91 Å². The van der Waals surface area contributed by atoms with Gasteiger partial charge in [0.05, 0.1) is 10.6 Å². The van der Waals surface area contributed by atoms with E-state index in [9.17, 15) is 9.18 Å². The molecule has 0 fully saturated rings. The largest absolute Gasteiger partial charge is 0.322 e. The summed E-state index contributed by atoms with van der Waals surface area (Å²) in [6, 6.07) is 10.6. The summed E-state index contributed by atoms with van der Waals surface area (Å²) in [6.45, 7) is 0. The SMILES string of the molecule is O=C(Nc1ccc(F)cc1)c1cccc(Br)c1Cl. The lowest BCUT2D eigenvalue weighted by Crippen LogP contribution is -2.12. The molecule has 0 bridgehead atoms. The molecule has 2 nitrogen and oxygen atoms in total. The van der Waals surface area contributed by atoms with Gasteiger partial charge in [-0.25, -0.2) is 4.39 Å². The molecule has 0 spiro atoms. The van der Waals surface area contributed by atoms with E-state index in [0.717, 1.165) is 0 Å². The van der Waals surface area contributed by atoms with Crippen LogP contribution in [0.5, 0.6) is 0 Å². The van der Waals surface area contributed by atoms with Gasteiger partial charge in [-0.15, -0.1) is 0 Å². The maximum absolute atomic E-state index is 12.7. The lowest BCUT2D eigenvalue weighted by Gasteiger charge is -2.07. The second kappa shape index (κ2) is 5.50. The normalized spacial score (nSPS) is 10.2. The van der Waals surface area contributed by atoms with Crippen molar-refractivity contribution in [2.75, 3.05) is 5.32 Å². The molecule has 0 aliphatic carbocycles. The highest BCUT2D eigenvalue weighted by atomic mass is 79.9. The molecule has 0 aliphatic heterocycles. The summed E-state index contributed by atoms with van der Waals surface area (Å²) in [6.07, 6.45) is 0. The highest BCUT2D eigenvalue weighted by Crippen LogP contribution is 2.26. The van der Waals surface area contributed by atoms with Crippen molar-refractivity contribution in [2.45, 2.75) is 0 Å². The number of carbonyl (C=O) groups excluding carboxylic acids is 1. The molecule has 0 unspecified atom stereocenters. The number of amides is 1. The molecule has 2 aromatic carbocycles. The van der Waals surface area contributed by atoms with E-state index in [1.54, 1.807) is 18.2 Å². The van der Waals surface area contributed by atoms with Gasteiger partial charge in [0.2, 0.25) is 0 Å². The Morgan fingerprint density at radius 1 is 1.17 bits per heavy atom. The molecule has 0 aromatic heterocycles. The Morgan fingerprint density at radius 2 is 1.83 bits per heavy atom. The van der Waals surface area contributed by atoms with Crippen LogP contribution in [0.25, 0.3) is 0 Å². The average Bonchev–Trinajstić information content (AvgIpc) is 2.35. The van der Waals surface area contributed by atoms with Crippen LogP contribution >= 0.6 is 27.5 Å². The Labute approximate surface area is 117 Å². The monoisotopic (exact) mass is 327 g/mol. The summed E-state index contributed by atoms with van der Waals surface area (Å²) in [5.74, 6) is -0.693. The topological polar surface area (TPSA) is 29.1 Å². The molecule has 0 saturated heterocycles. The minimum atomic E-state index is -0.353. The minimum Gasteiger partial charge on any atom is -0.322 e. The van der Waals surface area contributed by atoms with Crippen molar-refractivity contribution in [1.29, 1.82) is 0 Å². The predicted octanol–water partition coefficient (Wildman–Crippen LogP) is 4.49. The Balaban J connectivity index is 2.22. The molecule has 2 aromatic rings. The zero-order valence-electron chi connectivity index (χ0n) is 9.08. The second-order valence-corrected chi connectivity index (χ2v) is 4.79. The van der Waals surface area contributed by atoms with Crippen molar-refractivity contribution in [3.05, 3.63) is 63.3 Å². The van der Waals surface area contributed by atoms with E-state index in [0.29, 0.717) is 20.7 Å². The second-order valence-electron chi connectivity index (χ2n) is 3.56. The summed E-state index contributed by atoms with van der Waals surface area (Å²) in [4.78, 5) is 12.0. The summed E-state index contributed by atoms with van der Waals surface area (Å²) in [5.41, 5.74) is 0.868. The first-order valence-electron chi connectivity index (χ1n) is 5.09. The maximum Gasteiger partial charge on any atom is 0.257 e. The van der Waals surface area contributed by atoms with Crippen LogP contribution < -0.4 is 5.32 Å². The van der Waals surface area contributed by atoms with E-state index in [2.05, 4.69) is 21.2 Å². The van der Waals surface area contributed by atoms with Crippen LogP contribution in [0.4, 0.5) is 10.1 Å². The molecule has 1 amide bonds. The van der Waals surface area contributed by atoms with Gasteiger partial charge >= 0.3 is 0 Å². The molecule has 0 radical (unpaired) electrons. The van der Waals surface area contributed by atoms with Gasteiger partial charge in [-0.05, 0) is 52.3 Å². The predicted molar refractivity (Wildman–Crippen MR) is 73.5 cm³/mol. The van der Waals surface area contributed by atoms with E-state index in [1.165, 1.54) is 24.3 Å². The number of halogens is 3. The number of hydrogen-bond acceptors (Lipinski definition) is 1. The maximum atomic E-state index is 12.7. The molecule has 18 heavy (non-hydrogen) atoms. The van der Waals surface area contributed by atoms with E-state index in [-0.39, 0.29) is 11.7 Å². The fourth-order valence-corrected chi connectivity index (χ4v) is 1.99. The molecule has 0 aliphatic rings. The van der Waals surface area contributed by atoms with Gasteiger partial charge < -0.3 is 5.32 Å². The molecule has 5 heteroatoms. The zero-order valence-corrected chi connectivity index (χ0v) is 11.4. The molecule has 0 heterocycles. The molecule has 0 saturated carbocycles. The van der Waals surface area contributed by atoms with E-state index in [4.69, 9.17) is 11.6 Å². The van der Waals surface area contributed by atoms with Gasteiger partial charge in [0.15, 0.2) is 0 Å². The Bertz CT molecular complexity index is 586. The molecule has 0 atom stereocenters. The molecular formula is C13H8BrClFNO. The Hall–Kier alpha value is -1.39. The standard InChI is InChI=1S/C13H8BrClFNO/c14-11-3-1-2-10(12(11)15)13(18)17-9-6-4-8(16)5-7-9/h1-7H,(H,17,18). The summed E-state index contributed by atoms with van der Waals surface area (Å²) >= 11 is 9.26. The average molecular weight is 329 g/mol. The lowest BCUT2D eigenvalue weighted by atomic mass is 10.2. The lowest BCUT2D eigenvalue weighted by molar-refractivity contribution is 0.102. The summed E-state index contributed by atoms with van der Waals surface area (Å²) in [5, 5.41) is 2.99. The van der Waals surface area contributed by atoms with E-state index < -0.39 is 0 Å². The Kier molecular flexibility index (Phi) is 3.99. The van der Waals surface area contributed by atoms with E-state index in [1.807, 2.05) is 0 Å². The summed E-state index contributed by atoms with van der Waals surface area (Å²) < 4.78 is 13.4. The van der Waals surface area contributed by atoms with Gasteiger partial charge in [-0.1, -0.05) is 17.7 Å². The number of carbonyl (C=O) groups is 1.